The molecule has 2 bridgehead atoms. The Hall–Kier alpha value is -2.04. The first-order valence-corrected chi connectivity index (χ1v) is 10.7. The topological polar surface area (TPSA) is 24.9 Å². The van der Waals surface area contributed by atoms with E-state index in [-0.39, 0.29) is 0 Å². The Bertz CT molecular complexity index is 890. The van der Waals surface area contributed by atoms with Crippen molar-refractivity contribution in [3.8, 4) is 11.5 Å². The molecule has 4 nitrogen and oxygen atoms in total. The summed E-state index contributed by atoms with van der Waals surface area (Å²) in [7, 11) is 0. The molecule has 7 rings (SSSR count). The third kappa shape index (κ3) is 2.58. The number of hydrogen-bond donors (Lipinski definition) is 0. The summed E-state index contributed by atoms with van der Waals surface area (Å²) in [6.07, 6.45) is 2.72. The molecule has 0 radical (unpaired) electrons. The van der Waals surface area contributed by atoms with Gasteiger partial charge in [-0.25, -0.2) is 0 Å². The monoisotopic (exact) mass is 376 g/mol. The summed E-state index contributed by atoms with van der Waals surface area (Å²) in [5, 5.41) is 0. The number of hydrogen-bond acceptors (Lipinski definition) is 4. The number of ether oxygens (including phenoxy) is 2. The molecular weight excluding hydrogens is 348 g/mol. The molecular formula is C24H28N2O2. The molecule has 0 spiro atoms. The summed E-state index contributed by atoms with van der Waals surface area (Å²) in [5.74, 6) is 3.20. The normalized spacial score (nSPS) is 33.2. The third-order valence-electron chi connectivity index (χ3n) is 7.55. The van der Waals surface area contributed by atoms with Gasteiger partial charge in [-0.15, -0.1) is 0 Å². The summed E-state index contributed by atoms with van der Waals surface area (Å²) in [4.78, 5) is 5.57. The van der Waals surface area contributed by atoms with Crippen LogP contribution >= 0.6 is 0 Å². The van der Waals surface area contributed by atoms with Gasteiger partial charge in [0.1, 0.15) is 0 Å². The second kappa shape index (κ2) is 6.50. The van der Waals surface area contributed by atoms with Gasteiger partial charge in [-0.05, 0) is 67.6 Å². The van der Waals surface area contributed by atoms with E-state index in [2.05, 4.69) is 59.2 Å². The second-order valence-electron chi connectivity index (χ2n) is 8.93. The maximum absolute atomic E-state index is 5.69. The van der Waals surface area contributed by atoms with E-state index in [0.29, 0.717) is 24.8 Å². The van der Waals surface area contributed by atoms with E-state index in [0.717, 1.165) is 30.5 Å². The molecule has 4 saturated heterocycles. The van der Waals surface area contributed by atoms with Gasteiger partial charge in [0.25, 0.3) is 0 Å². The first-order valence-electron chi connectivity index (χ1n) is 10.7. The number of piperidine rings is 3. The van der Waals surface area contributed by atoms with Gasteiger partial charge < -0.3 is 9.47 Å². The fourth-order valence-corrected chi connectivity index (χ4v) is 6.17. The largest absolute Gasteiger partial charge is 0.454 e. The predicted molar refractivity (Wildman–Crippen MR) is 109 cm³/mol. The number of nitrogens with zero attached hydrogens (tertiary/aromatic N) is 2. The molecule has 0 unspecified atom stereocenters. The number of aryl methyl sites for hydroxylation is 1. The van der Waals surface area contributed by atoms with Crippen LogP contribution in [0.25, 0.3) is 0 Å². The first-order chi connectivity index (χ1) is 13.8. The molecule has 3 atom stereocenters. The Kier molecular flexibility index (Phi) is 3.92. The zero-order chi connectivity index (χ0) is 18.7. The second-order valence-corrected chi connectivity index (χ2v) is 8.93. The Balaban J connectivity index is 1.35. The highest BCUT2D eigenvalue weighted by Gasteiger charge is 2.53. The van der Waals surface area contributed by atoms with Gasteiger partial charge in [-0.3, -0.25) is 9.80 Å². The summed E-state index contributed by atoms with van der Waals surface area (Å²) < 4.78 is 11.2. The van der Waals surface area contributed by atoms with Gasteiger partial charge in [0.05, 0.1) is 0 Å². The van der Waals surface area contributed by atoms with Gasteiger partial charge >= 0.3 is 0 Å². The predicted octanol–water partition coefficient (Wildman–Crippen LogP) is 3.79. The summed E-state index contributed by atoms with van der Waals surface area (Å²) in [6, 6.07) is 16.8. The summed E-state index contributed by atoms with van der Waals surface area (Å²) in [6.45, 7) is 7.34. The smallest absolute Gasteiger partial charge is 0.231 e. The molecule has 5 aliphatic rings. The van der Waals surface area contributed by atoms with Crippen LogP contribution in [-0.4, -0.2) is 48.3 Å². The molecule has 0 aliphatic carbocycles. The average molecular weight is 377 g/mol. The van der Waals surface area contributed by atoms with Crippen LogP contribution in [0.4, 0.5) is 0 Å². The van der Waals surface area contributed by atoms with Crippen molar-refractivity contribution in [1.82, 2.24) is 9.80 Å². The van der Waals surface area contributed by atoms with Crippen LogP contribution in [0.5, 0.6) is 11.5 Å². The molecule has 2 aromatic rings. The molecule has 4 heteroatoms. The number of fused-ring (bicyclic) bond motifs is 3. The van der Waals surface area contributed by atoms with E-state index in [1.807, 2.05) is 0 Å². The van der Waals surface area contributed by atoms with Gasteiger partial charge in [0.15, 0.2) is 11.5 Å². The standard InChI is InChI=1S/C24H28N2O2/c1-16-4-2-3-5-19(16)13-26-14-20(18-6-7-21-22(12-18)28-15-27-21)24-23(26)17-8-10-25(24)11-9-17/h2-7,12,17,20,23-24H,8-11,13-15H2,1H3/t20-,23+,24+/m1/s1. The lowest BCUT2D eigenvalue weighted by atomic mass is 9.75. The lowest BCUT2D eigenvalue weighted by Crippen LogP contribution is -2.60. The van der Waals surface area contributed by atoms with Crippen LogP contribution in [0.15, 0.2) is 42.5 Å². The Labute approximate surface area is 167 Å². The van der Waals surface area contributed by atoms with Crippen molar-refractivity contribution in [2.24, 2.45) is 5.92 Å². The Morgan fingerprint density at radius 1 is 0.964 bits per heavy atom. The van der Waals surface area contributed by atoms with Crippen molar-refractivity contribution in [3.63, 3.8) is 0 Å². The van der Waals surface area contributed by atoms with Crippen molar-refractivity contribution >= 4 is 0 Å². The van der Waals surface area contributed by atoms with Gasteiger partial charge in [0, 0.05) is 31.1 Å². The molecule has 5 aliphatic heterocycles. The molecule has 2 aromatic carbocycles. The van der Waals surface area contributed by atoms with Crippen molar-refractivity contribution in [3.05, 3.63) is 59.2 Å². The van der Waals surface area contributed by atoms with Crippen LogP contribution in [-0.2, 0) is 6.54 Å². The zero-order valence-electron chi connectivity index (χ0n) is 16.5. The molecule has 28 heavy (non-hydrogen) atoms. The highest BCUT2D eigenvalue weighted by atomic mass is 16.7. The van der Waals surface area contributed by atoms with Gasteiger partial charge in [0.2, 0.25) is 6.79 Å². The van der Waals surface area contributed by atoms with E-state index in [4.69, 9.17) is 9.47 Å². The summed E-state index contributed by atoms with van der Waals surface area (Å²) >= 11 is 0. The lowest BCUT2D eigenvalue weighted by molar-refractivity contribution is -0.00873. The quantitative estimate of drug-likeness (QED) is 0.814. The molecule has 5 heterocycles. The minimum Gasteiger partial charge on any atom is -0.454 e. The van der Waals surface area contributed by atoms with E-state index in [9.17, 15) is 0 Å². The fraction of sp³-hybridized carbons (Fsp3) is 0.500. The summed E-state index contributed by atoms with van der Waals surface area (Å²) in [5.41, 5.74) is 4.30. The van der Waals surface area contributed by atoms with Crippen molar-refractivity contribution in [2.75, 3.05) is 26.4 Å². The van der Waals surface area contributed by atoms with E-state index in [1.54, 1.807) is 0 Å². The minimum atomic E-state index is 0.350. The Morgan fingerprint density at radius 2 is 1.79 bits per heavy atom. The molecule has 0 N–H and O–H groups in total. The van der Waals surface area contributed by atoms with Crippen LogP contribution < -0.4 is 9.47 Å². The van der Waals surface area contributed by atoms with Crippen LogP contribution in [0.1, 0.15) is 35.4 Å². The zero-order valence-corrected chi connectivity index (χ0v) is 16.5. The van der Waals surface area contributed by atoms with Crippen LogP contribution in [0, 0.1) is 12.8 Å². The van der Waals surface area contributed by atoms with Crippen molar-refractivity contribution < 1.29 is 9.47 Å². The highest BCUT2D eigenvalue weighted by molar-refractivity contribution is 5.46. The molecule has 146 valence electrons. The van der Waals surface area contributed by atoms with E-state index in [1.165, 1.54) is 42.6 Å². The molecule has 4 fully saturated rings. The van der Waals surface area contributed by atoms with Crippen molar-refractivity contribution in [2.45, 2.75) is 44.3 Å². The number of rotatable bonds is 3. The third-order valence-corrected chi connectivity index (χ3v) is 7.55. The first kappa shape index (κ1) is 16.9. The van der Waals surface area contributed by atoms with E-state index >= 15 is 0 Å². The highest BCUT2D eigenvalue weighted by Crippen LogP contribution is 2.48. The van der Waals surface area contributed by atoms with Gasteiger partial charge in [-0.1, -0.05) is 30.3 Å². The van der Waals surface area contributed by atoms with Crippen LogP contribution in [0.3, 0.4) is 0 Å². The van der Waals surface area contributed by atoms with Crippen molar-refractivity contribution in [1.29, 1.82) is 0 Å². The average Bonchev–Trinajstić information content (AvgIpc) is 3.36. The van der Waals surface area contributed by atoms with Gasteiger partial charge in [-0.2, -0.15) is 0 Å². The molecule has 0 aromatic heterocycles. The van der Waals surface area contributed by atoms with Crippen LogP contribution in [0.2, 0.25) is 0 Å². The number of likely N-dealkylation sites (tertiary alicyclic amines) is 1. The SMILES string of the molecule is Cc1ccccc1CN1C[C@H](c2ccc3c(c2)OCO3)[C@H]2[C@@H]1C1CCN2CC1. The maximum Gasteiger partial charge on any atom is 0.231 e. The molecule has 0 amide bonds. The van der Waals surface area contributed by atoms with E-state index < -0.39 is 0 Å². The maximum atomic E-state index is 5.69. The number of benzene rings is 2. The fourth-order valence-electron chi connectivity index (χ4n) is 6.17. The lowest BCUT2D eigenvalue weighted by Gasteiger charge is -2.51. The minimum absolute atomic E-state index is 0.350. The Morgan fingerprint density at radius 3 is 2.64 bits per heavy atom. The molecule has 0 saturated carbocycles.